The molecule has 2 atom stereocenters. The minimum atomic E-state index is -0.365. The van der Waals surface area contributed by atoms with Crippen LogP contribution in [0, 0.1) is 5.82 Å². The Morgan fingerprint density at radius 3 is 2.52 bits per heavy atom. The summed E-state index contributed by atoms with van der Waals surface area (Å²) in [6.07, 6.45) is 4.59. The number of hydrogen-bond donors (Lipinski definition) is 0. The zero-order valence-corrected chi connectivity index (χ0v) is 16.6. The van der Waals surface area contributed by atoms with E-state index in [4.69, 9.17) is 0 Å². The van der Waals surface area contributed by atoms with Gasteiger partial charge in [0.25, 0.3) is 11.5 Å². The number of carbonyl (C=O) groups is 1. The number of piperidine rings is 1. The Labute approximate surface area is 168 Å². The average molecular weight is 393 g/mol. The van der Waals surface area contributed by atoms with E-state index in [1.165, 1.54) is 16.7 Å². The highest BCUT2D eigenvalue weighted by atomic mass is 19.1. The van der Waals surface area contributed by atoms with Gasteiger partial charge in [0, 0.05) is 23.7 Å². The smallest absolute Gasteiger partial charge is 0.265 e. The van der Waals surface area contributed by atoms with Gasteiger partial charge in [-0.25, -0.2) is 9.37 Å². The van der Waals surface area contributed by atoms with E-state index in [1.54, 1.807) is 30.5 Å². The fourth-order valence-electron chi connectivity index (χ4n) is 4.24. The number of pyridine rings is 2. The van der Waals surface area contributed by atoms with Gasteiger partial charge in [-0.15, -0.1) is 0 Å². The summed E-state index contributed by atoms with van der Waals surface area (Å²) in [5, 5.41) is 0.731. The molecule has 4 rings (SSSR count). The lowest BCUT2D eigenvalue weighted by atomic mass is 9.96. The zero-order valence-electron chi connectivity index (χ0n) is 16.6. The van der Waals surface area contributed by atoms with Gasteiger partial charge in [-0.05, 0) is 69.0 Å². The molecule has 0 spiro atoms. The molecule has 5 nitrogen and oxygen atoms in total. The molecular weight excluding hydrogens is 369 g/mol. The number of rotatable bonds is 3. The van der Waals surface area contributed by atoms with Gasteiger partial charge >= 0.3 is 0 Å². The highest BCUT2D eigenvalue weighted by molar-refractivity contribution is 5.97. The number of halogens is 1. The van der Waals surface area contributed by atoms with Crippen molar-refractivity contribution in [3.63, 3.8) is 0 Å². The molecule has 0 aliphatic carbocycles. The number of nitrogens with zero attached hydrogens (tertiary/aromatic N) is 3. The molecule has 150 valence electrons. The monoisotopic (exact) mass is 393 g/mol. The van der Waals surface area contributed by atoms with Gasteiger partial charge in [0.2, 0.25) is 0 Å². The van der Waals surface area contributed by atoms with E-state index in [9.17, 15) is 14.0 Å². The van der Waals surface area contributed by atoms with Crippen molar-refractivity contribution < 1.29 is 9.18 Å². The molecule has 1 fully saturated rings. The molecule has 0 saturated carbocycles. The van der Waals surface area contributed by atoms with Crippen molar-refractivity contribution in [3.05, 3.63) is 76.0 Å². The average Bonchev–Trinajstić information content (AvgIpc) is 2.71. The number of carbonyl (C=O) groups excluding carboxylic acids is 1. The summed E-state index contributed by atoms with van der Waals surface area (Å²) in [7, 11) is 0. The first kappa shape index (κ1) is 19.3. The quantitative estimate of drug-likeness (QED) is 0.676. The van der Waals surface area contributed by atoms with Gasteiger partial charge in [0.1, 0.15) is 17.0 Å². The topological polar surface area (TPSA) is 55.2 Å². The minimum absolute atomic E-state index is 0.0980. The number of likely N-dealkylation sites (tertiary alicyclic amines) is 1. The summed E-state index contributed by atoms with van der Waals surface area (Å²) in [5.74, 6) is -0.561. The second-order valence-electron chi connectivity index (χ2n) is 7.83. The normalized spacial score (nSPS) is 19.5. The number of hydrogen-bond acceptors (Lipinski definition) is 3. The lowest BCUT2D eigenvalue weighted by Crippen LogP contribution is -2.49. The van der Waals surface area contributed by atoms with Gasteiger partial charge in [-0.1, -0.05) is 12.1 Å². The highest BCUT2D eigenvalue weighted by Crippen LogP contribution is 2.25. The highest BCUT2D eigenvalue weighted by Gasteiger charge is 2.31. The number of benzene rings is 1. The second kappa shape index (κ2) is 7.78. The number of amides is 1. The summed E-state index contributed by atoms with van der Waals surface area (Å²) in [5.41, 5.74) is 1.08. The Morgan fingerprint density at radius 2 is 1.83 bits per heavy atom. The van der Waals surface area contributed by atoms with Crippen molar-refractivity contribution in [1.82, 2.24) is 14.5 Å². The Kier molecular flexibility index (Phi) is 5.18. The third kappa shape index (κ3) is 3.67. The molecular formula is C23H24FN3O2. The van der Waals surface area contributed by atoms with Gasteiger partial charge in [0.05, 0.1) is 6.54 Å². The molecule has 0 bridgehead atoms. The minimum Gasteiger partial charge on any atom is -0.333 e. The van der Waals surface area contributed by atoms with Gasteiger partial charge in [-0.2, -0.15) is 0 Å². The van der Waals surface area contributed by atoms with Crippen molar-refractivity contribution in [2.75, 3.05) is 0 Å². The fraction of sp³-hybridized carbons (Fsp3) is 0.348. The van der Waals surface area contributed by atoms with Crippen molar-refractivity contribution in [2.24, 2.45) is 0 Å². The third-order valence-corrected chi connectivity index (χ3v) is 5.76. The first-order valence-electron chi connectivity index (χ1n) is 10.0. The van der Waals surface area contributed by atoms with Crippen LogP contribution in [-0.4, -0.2) is 32.4 Å². The van der Waals surface area contributed by atoms with Crippen LogP contribution in [-0.2, 0) is 6.54 Å². The molecule has 3 aromatic rings. The first-order chi connectivity index (χ1) is 14.0. The SMILES string of the molecule is CC1CCCC(C)N1C(=O)c1cc2cccnc2n(Cc2ccc(F)cc2)c1=O. The molecule has 29 heavy (non-hydrogen) atoms. The molecule has 3 heterocycles. The lowest BCUT2D eigenvalue weighted by molar-refractivity contribution is 0.0508. The summed E-state index contributed by atoms with van der Waals surface area (Å²) >= 11 is 0. The molecule has 2 unspecified atom stereocenters. The van der Waals surface area contributed by atoms with Crippen LogP contribution in [0.2, 0.25) is 0 Å². The molecule has 0 radical (unpaired) electrons. The van der Waals surface area contributed by atoms with Crippen molar-refractivity contribution in [3.8, 4) is 0 Å². The van der Waals surface area contributed by atoms with E-state index in [0.717, 1.165) is 30.2 Å². The van der Waals surface area contributed by atoms with Crippen molar-refractivity contribution in [1.29, 1.82) is 0 Å². The van der Waals surface area contributed by atoms with Crippen LogP contribution < -0.4 is 5.56 Å². The van der Waals surface area contributed by atoms with E-state index in [-0.39, 0.29) is 41.5 Å². The standard InChI is InChI=1S/C23H24FN3O2/c1-15-5-3-6-16(2)27(15)23(29)20-13-18-7-4-12-25-21(18)26(22(20)28)14-17-8-10-19(24)11-9-17/h4,7-13,15-16H,3,5-6,14H2,1-2H3. The summed E-state index contributed by atoms with van der Waals surface area (Å²) < 4.78 is 14.8. The fourth-order valence-corrected chi connectivity index (χ4v) is 4.24. The Bertz CT molecular complexity index is 1100. The second-order valence-corrected chi connectivity index (χ2v) is 7.83. The van der Waals surface area contributed by atoms with Crippen LogP contribution >= 0.6 is 0 Å². The molecule has 6 heteroatoms. The largest absolute Gasteiger partial charge is 0.333 e. The zero-order chi connectivity index (χ0) is 20.5. The summed E-state index contributed by atoms with van der Waals surface area (Å²) in [6, 6.07) is 11.5. The maximum atomic E-state index is 13.4. The van der Waals surface area contributed by atoms with Crippen LogP contribution in [0.4, 0.5) is 4.39 Å². The van der Waals surface area contributed by atoms with Crippen LogP contribution in [0.25, 0.3) is 11.0 Å². The first-order valence-corrected chi connectivity index (χ1v) is 10.0. The van der Waals surface area contributed by atoms with E-state index in [0.29, 0.717) is 5.65 Å². The third-order valence-electron chi connectivity index (χ3n) is 5.76. The molecule has 1 saturated heterocycles. The maximum Gasteiger partial charge on any atom is 0.265 e. The van der Waals surface area contributed by atoms with Crippen LogP contribution in [0.5, 0.6) is 0 Å². The van der Waals surface area contributed by atoms with Crippen LogP contribution in [0.3, 0.4) is 0 Å². The van der Waals surface area contributed by atoms with E-state index < -0.39 is 0 Å². The van der Waals surface area contributed by atoms with E-state index >= 15 is 0 Å². The summed E-state index contributed by atoms with van der Waals surface area (Å²) in [6.45, 7) is 4.29. The molecule has 1 aromatic carbocycles. The molecule has 1 aliphatic heterocycles. The molecule has 1 aliphatic rings. The molecule has 0 N–H and O–H groups in total. The Balaban J connectivity index is 1.83. The number of fused-ring (bicyclic) bond motifs is 1. The van der Waals surface area contributed by atoms with Crippen LogP contribution in [0.15, 0.2) is 53.5 Å². The number of aromatic nitrogens is 2. The van der Waals surface area contributed by atoms with Crippen molar-refractivity contribution in [2.45, 2.75) is 51.7 Å². The summed E-state index contributed by atoms with van der Waals surface area (Å²) in [4.78, 5) is 32.9. The Hall–Kier alpha value is -3.02. The van der Waals surface area contributed by atoms with Gasteiger partial charge in [0.15, 0.2) is 0 Å². The molecule has 2 aromatic heterocycles. The Morgan fingerprint density at radius 1 is 1.14 bits per heavy atom. The lowest BCUT2D eigenvalue weighted by Gasteiger charge is -2.39. The predicted molar refractivity (Wildman–Crippen MR) is 110 cm³/mol. The predicted octanol–water partition coefficient (Wildman–Crippen LogP) is 3.99. The van der Waals surface area contributed by atoms with E-state index in [1.807, 2.05) is 24.8 Å². The van der Waals surface area contributed by atoms with E-state index in [2.05, 4.69) is 4.98 Å². The maximum absolute atomic E-state index is 13.4. The van der Waals surface area contributed by atoms with Gasteiger partial charge in [-0.3, -0.25) is 14.2 Å². The van der Waals surface area contributed by atoms with Gasteiger partial charge < -0.3 is 4.90 Å². The van der Waals surface area contributed by atoms with Crippen LogP contribution in [0.1, 0.15) is 49.0 Å². The molecule has 1 amide bonds. The van der Waals surface area contributed by atoms with Crippen molar-refractivity contribution >= 4 is 16.9 Å².